The maximum Gasteiger partial charge on any atom is 0.394 e. The minimum absolute atomic E-state index is 0.0232. The predicted octanol–water partition coefficient (Wildman–Crippen LogP) is 4.68. The van der Waals surface area contributed by atoms with Gasteiger partial charge in [0, 0.05) is 30.9 Å². The first kappa shape index (κ1) is 25.2. The Labute approximate surface area is 170 Å². The van der Waals surface area contributed by atoms with Crippen molar-refractivity contribution in [1.29, 1.82) is 0 Å². The molecule has 0 aromatic carbocycles. The molecule has 0 aliphatic rings. The number of aryl methyl sites for hydroxylation is 2. The van der Waals surface area contributed by atoms with Gasteiger partial charge in [-0.05, 0) is 19.4 Å². The molecule has 2 rings (SSSR count). The standard InChI is InChI=1S/C18H22F5N3O.CO2/c1-5-11-7-14(26(6-2)25-11)13-10-24-12(8-15(13)27-16(19)20)9-17(3,4)18(21,22)23;2-1-3/h7-8,10,16H,5-6,9H2,1-4H3;. The highest BCUT2D eigenvalue weighted by Crippen LogP contribution is 2.41. The Hall–Kier alpha value is -2.81. The molecule has 2 aromatic rings. The first-order chi connectivity index (χ1) is 13.9. The Bertz CT molecular complexity index is 873. The number of hydrogen-bond acceptors (Lipinski definition) is 5. The summed E-state index contributed by atoms with van der Waals surface area (Å²) in [4.78, 5) is 20.3. The van der Waals surface area contributed by atoms with Crippen LogP contribution in [0.25, 0.3) is 11.3 Å². The van der Waals surface area contributed by atoms with Crippen molar-refractivity contribution in [3.05, 3.63) is 29.7 Å². The van der Waals surface area contributed by atoms with Crippen molar-refractivity contribution in [3.8, 4) is 17.0 Å². The van der Waals surface area contributed by atoms with Gasteiger partial charge in [0.25, 0.3) is 0 Å². The molecule has 6 nitrogen and oxygen atoms in total. The fourth-order valence-corrected chi connectivity index (χ4v) is 2.61. The summed E-state index contributed by atoms with van der Waals surface area (Å²) in [6.07, 6.45) is -2.74. The Morgan fingerprint density at radius 2 is 1.73 bits per heavy atom. The van der Waals surface area contributed by atoms with E-state index in [9.17, 15) is 22.0 Å². The maximum absolute atomic E-state index is 13.1. The van der Waals surface area contributed by atoms with E-state index in [0.29, 0.717) is 18.7 Å². The third-order valence-corrected chi connectivity index (χ3v) is 4.30. The zero-order valence-corrected chi connectivity index (χ0v) is 16.9. The number of nitrogens with zero attached hydrogens (tertiary/aromatic N) is 3. The van der Waals surface area contributed by atoms with Crippen LogP contribution in [0, 0.1) is 5.41 Å². The third kappa shape index (κ3) is 6.35. The molecule has 0 aliphatic heterocycles. The summed E-state index contributed by atoms with van der Waals surface area (Å²) in [5.41, 5.74) is -0.478. The highest BCUT2D eigenvalue weighted by molar-refractivity contribution is 5.67. The predicted molar refractivity (Wildman–Crippen MR) is 95.7 cm³/mol. The molecule has 11 heteroatoms. The summed E-state index contributed by atoms with van der Waals surface area (Å²) in [6.45, 7) is 3.21. The van der Waals surface area contributed by atoms with Crippen molar-refractivity contribution in [3.63, 3.8) is 0 Å². The van der Waals surface area contributed by atoms with E-state index in [0.717, 1.165) is 25.6 Å². The monoisotopic (exact) mass is 435 g/mol. The van der Waals surface area contributed by atoms with Gasteiger partial charge in [-0.25, -0.2) is 0 Å². The minimum Gasteiger partial charge on any atom is -0.434 e. The van der Waals surface area contributed by atoms with E-state index in [1.807, 2.05) is 13.8 Å². The van der Waals surface area contributed by atoms with Crippen LogP contribution >= 0.6 is 0 Å². The molecule has 0 aliphatic carbocycles. The van der Waals surface area contributed by atoms with Crippen LogP contribution < -0.4 is 4.74 Å². The van der Waals surface area contributed by atoms with E-state index >= 15 is 0 Å². The van der Waals surface area contributed by atoms with Crippen LogP contribution in [0.2, 0.25) is 0 Å². The second kappa shape index (κ2) is 10.3. The quantitative estimate of drug-likeness (QED) is 0.591. The fraction of sp³-hybridized carbons (Fsp3) is 0.526. The van der Waals surface area contributed by atoms with E-state index in [2.05, 4.69) is 14.8 Å². The molecule has 0 saturated heterocycles. The van der Waals surface area contributed by atoms with Gasteiger partial charge in [-0.1, -0.05) is 20.8 Å². The number of ether oxygens (including phenoxy) is 1. The van der Waals surface area contributed by atoms with E-state index < -0.39 is 24.6 Å². The van der Waals surface area contributed by atoms with Gasteiger partial charge in [0.1, 0.15) is 5.75 Å². The molecule has 0 bridgehead atoms. The molecule has 2 heterocycles. The number of aromatic nitrogens is 3. The molecular formula is C19H22F5N3O3. The van der Waals surface area contributed by atoms with E-state index in [1.54, 1.807) is 10.7 Å². The first-order valence-corrected chi connectivity index (χ1v) is 8.96. The number of pyridine rings is 1. The molecule has 30 heavy (non-hydrogen) atoms. The highest BCUT2D eigenvalue weighted by Gasteiger charge is 2.47. The van der Waals surface area contributed by atoms with Crippen LogP contribution in [-0.2, 0) is 29.0 Å². The summed E-state index contributed by atoms with van der Waals surface area (Å²) in [5.74, 6) is -0.217. The van der Waals surface area contributed by atoms with Crippen LogP contribution in [0.5, 0.6) is 5.75 Å². The van der Waals surface area contributed by atoms with Gasteiger partial charge in [0.2, 0.25) is 0 Å². The zero-order valence-electron chi connectivity index (χ0n) is 16.9. The molecule has 0 N–H and O–H groups in total. The Kier molecular flexibility index (Phi) is 8.65. The second-order valence-electron chi connectivity index (χ2n) is 6.88. The van der Waals surface area contributed by atoms with Crippen molar-refractivity contribution in [1.82, 2.24) is 14.8 Å². The SMILES string of the molecule is CCc1cc(-c2cnc(CC(C)(C)C(F)(F)F)cc2OC(F)F)n(CC)n1.O=C=O. The molecule has 0 spiro atoms. The smallest absolute Gasteiger partial charge is 0.394 e. The number of carbonyl (C=O) groups excluding carboxylic acids is 2. The lowest BCUT2D eigenvalue weighted by Crippen LogP contribution is -2.34. The third-order valence-electron chi connectivity index (χ3n) is 4.30. The Morgan fingerprint density at radius 3 is 2.20 bits per heavy atom. The largest absolute Gasteiger partial charge is 0.434 e. The van der Waals surface area contributed by atoms with Gasteiger partial charge in [-0.2, -0.15) is 36.6 Å². The molecule has 0 saturated carbocycles. The highest BCUT2D eigenvalue weighted by atomic mass is 19.4. The molecule has 0 radical (unpaired) electrons. The molecule has 0 amide bonds. The molecule has 166 valence electrons. The van der Waals surface area contributed by atoms with Crippen LogP contribution in [0.4, 0.5) is 22.0 Å². The van der Waals surface area contributed by atoms with E-state index in [1.165, 1.54) is 6.20 Å². The van der Waals surface area contributed by atoms with Gasteiger partial charge < -0.3 is 4.74 Å². The van der Waals surface area contributed by atoms with E-state index in [4.69, 9.17) is 9.59 Å². The van der Waals surface area contributed by atoms with Crippen molar-refractivity contribution in [2.45, 2.75) is 59.9 Å². The lowest BCUT2D eigenvalue weighted by molar-refractivity contribution is -0.211. The van der Waals surface area contributed by atoms with Gasteiger partial charge in [0.15, 0.2) is 0 Å². The zero-order chi connectivity index (χ0) is 23.1. The summed E-state index contributed by atoms with van der Waals surface area (Å²) >= 11 is 0. The Balaban J connectivity index is 0.00000141. The van der Waals surface area contributed by atoms with Gasteiger partial charge >= 0.3 is 18.9 Å². The van der Waals surface area contributed by atoms with E-state index in [-0.39, 0.29) is 23.2 Å². The van der Waals surface area contributed by atoms with Crippen LogP contribution in [-0.4, -0.2) is 33.7 Å². The lowest BCUT2D eigenvalue weighted by atomic mass is 9.86. The van der Waals surface area contributed by atoms with Gasteiger partial charge in [-0.15, -0.1) is 0 Å². The molecule has 0 fully saturated rings. The average molecular weight is 435 g/mol. The maximum atomic E-state index is 13.1. The summed E-state index contributed by atoms with van der Waals surface area (Å²) in [6, 6.07) is 2.88. The van der Waals surface area contributed by atoms with Crippen molar-refractivity contribution < 1.29 is 36.3 Å². The van der Waals surface area contributed by atoms with Crippen molar-refractivity contribution in [2.75, 3.05) is 0 Å². The molecule has 0 unspecified atom stereocenters. The lowest BCUT2D eigenvalue weighted by Gasteiger charge is -2.27. The fourth-order valence-electron chi connectivity index (χ4n) is 2.61. The molecule has 2 aromatic heterocycles. The summed E-state index contributed by atoms with van der Waals surface area (Å²) < 4.78 is 71.3. The summed E-state index contributed by atoms with van der Waals surface area (Å²) in [5, 5.41) is 4.36. The van der Waals surface area contributed by atoms with Gasteiger partial charge in [0.05, 0.1) is 22.4 Å². The van der Waals surface area contributed by atoms with Crippen LogP contribution in [0.15, 0.2) is 18.3 Å². The number of alkyl halides is 5. The van der Waals surface area contributed by atoms with Crippen LogP contribution in [0.1, 0.15) is 39.1 Å². The molecular weight excluding hydrogens is 413 g/mol. The average Bonchev–Trinajstić information content (AvgIpc) is 3.04. The molecule has 0 atom stereocenters. The number of rotatable bonds is 7. The summed E-state index contributed by atoms with van der Waals surface area (Å²) in [7, 11) is 0. The number of halogens is 5. The normalized spacial score (nSPS) is 11.7. The Morgan fingerprint density at radius 1 is 1.13 bits per heavy atom. The topological polar surface area (TPSA) is 74.1 Å². The first-order valence-electron chi connectivity index (χ1n) is 8.96. The second-order valence-corrected chi connectivity index (χ2v) is 6.88. The van der Waals surface area contributed by atoms with Crippen LogP contribution in [0.3, 0.4) is 0 Å². The van der Waals surface area contributed by atoms with Crippen molar-refractivity contribution in [2.24, 2.45) is 5.41 Å². The minimum atomic E-state index is -4.45. The van der Waals surface area contributed by atoms with Gasteiger partial charge in [-0.3, -0.25) is 9.67 Å². The van der Waals surface area contributed by atoms with Crippen molar-refractivity contribution >= 4 is 6.15 Å². The number of hydrogen-bond donors (Lipinski definition) is 0.